The second kappa shape index (κ2) is 7.02. The highest BCUT2D eigenvalue weighted by molar-refractivity contribution is 5.30. The standard InChI is InChI=1S/C17H24O3/c1-12-4-6-13(7-5-12)15-9-8-14(10-19-2)16(11-20-3)17(15)18/h4-9,14-18H,10-11H2,1-3H3/t14-,15+,16+,17-/m1/s1. The summed E-state index contributed by atoms with van der Waals surface area (Å²) in [6, 6.07) is 8.35. The molecule has 0 fully saturated rings. The van der Waals surface area contributed by atoms with E-state index in [1.54, 1.807) is 14.2 Å². The van der Waals surface area contributed by atoms with Gasteiger partial charge in [0, 0.05) is 32.0 Å². The maximum atomic E-state index is 10.7. The van der Waals surface area contributed by atoms with Crippen LogP contribution in [0.1, 0.15) is 17.0 Å². The lowest BCUT2D eigenvalue weighted by Gasteiger charge is -2.36. The zero-order valence-electron chi connectivity index (χ0n) is 12.5. The molecule has 0 saturated heterocycles. The summed E-state index contributed by atoms with van der Waals surface area (Å²) in [7, 11) is 3.37. The third-order valence-corrected chi connectivity index (χ3v) is 4.10. The van der Waals surface area contributed by atoms with Crippen LogP contribution in [0.3, 0.4) is 0 Å². The van der Waals surface area contributed by atoms with E-state index in [1.807, 2.05) is 0 Å². The highest BCUT2D eigenvalue weighted by Crippen LogP contribution is 2.35. The molecule has 0 aromatic heterocycles. The van der Waals surface area contributed by atoms with Gasteiger partial charge >= 0.3 is 0 Å². The Labute approximate surface area is 121 Å². The fourth-order valence-corrected chi connectivity index (χ4v) is 2.92. The first-order valence-electron chi connectivity index (χ1n) is 7.08. The maximum absolute atomic E-state index is 10.7. The minimum absolute atomic E-state index is 0.0313. The maximum Gasteiger partial charge on any atom is 0.0699 e. The van der Waals surface area contributed by atoms with Crippen LogP contribution < -0.4 is 0 Å². The molecule has 2 rings (SSSR count). The topological polar surface area (TPSA) is 38.7 Å². The Morgan fingerprint density at radius 2 is 1.65 bits per heavy atom. The Kier molecular flexibility index (Phi) is 5.35. The monoisotopic (exact) mass is 276 g/mol. The largest absolute Gasteiger partial charge is 0.392 e. The number of rotatable bonds is 5. The third kappa shape index (κ3) is 3.29. The van der Waals surface area contributed by atoms with Gasteiger partial charge in [0.25, 0.3) is 0 Å². The van der Waals surface area contributed by atoms with Gasteiger partial charge in [0.2, 0.25) is 0 Å². The summed E-state index contributed by atoms with van der Waals surface area (Å²) in [5, 5.41) is 10.7. The van der Waals surface area contributed by atoms with Crippen molar-refractivity contribution in [3.8, 4) is 0 Å². The van der Waals surface area contributed by atoms with E-state index in [0.717, 1.165) is 5.56 Å². The molecule has 0 amide bonds. The van der Waals surface area contributed by atoms with E-state index < -0.39 is 6.10 Å². The van der Waals surface area contributed by atoms with Crippen LogP contribution in [0.25, 0.3) is 0 Å². The first kappa shape index (κ1) is 15.2. The summed E-state index contributed by atoms with van der Waals surface area (Å²) < 4.78 is 10.5. The Morgan fingerprint density at radius 1 is 1.00 bits per heavy atom. The van der Waals surface area contributed by atoms with E-state index in [9.17, 15) is 5.11 Å². The zero-order valence-corrected chi connectivity index (χ0v) is 12.5. The quantitative estimate of drug-likeness (QED) is 0.840. The van der Waals surface area contributed by atoms with Gasteiger partial charge in [-0.2, -0.15) is 0 Å². The molecule has 20 heavy (non-hydrogen) atoms. The van der Waals surface area contributed by atoms with Gasteiger partial charge < -0.3 is 14.6 Å². The normalized spacial score (nSPS) is 29.6. The number of aliphatic hydroxyl groups is 1. The van der Waals surface area contributed by atoms with E-state index in [1.165, 1.54) is 5.56 Å². The van der Waals surface area contributed by atoms with Crippen LogP contribution in [0, 0.1) is 18.8 Å². The van der Waals surface area contributed by atoms with Gasteiger partial charge in [-0.1, -0.05) is 42.0 Å². The lowest BCUT2D eigenvalue weighted by atomic mass is 9.74. The van der Waals surface area contributed by atoms with Crippen LogP contribution >= 0.6 is 0 Å². The van der Waals surface area contributed by atoms with Gasteiger partial charge in [0.15, 0.2) is 0 Å². The van der Waals surface area contributed by atoms with E-state index in [-0.39, 0.29) is 17.8 Å². The van der Waals surface area contributed by atoms with Crippen LogP contribution in [-0.4, -0.2) is 38.6 Å². The van der Waals surface area contributed by atoms with Gasteiger partial charge in [-0.3, -0.25) is 0 Å². The Balaban J connectivity index is 2.22. The number of aryl methyl sites for hydroxylation is 1. The zero-order chi connectivity index (χ0) is 14.5. The molecule has 0 heterocycles. The number of benzene rings is 1. The Morgan fingerprint density at radius 3 is 2.25 bits per heavy atom. The SMILES string of the molecule is COC[C@@H]1[C@H](O)[C@H](c2ccc(C)cc2)C=C[C@@H]1COC. The molecule has 1 aliphatic rings. The van der Waals surface area contributed by atoms with Crippen LogP contribution in [0.4, 0.5) is 0 Å². The average Bonchev–Trinajstić information content (AvgIpc) is 2.44. The molecule has 0 bridgehead atoms. The van der Waals surface area contributed by atoms with Gasteiger partial charge in [0.05, 0.1) is 19.3 Å². The van der Waals surface area contributed by atoms with E-state index in [0.29, 0.717) is 13.2 Å². The van der Waals surface area contributed by atoms with E-state index in [4.69, 9.17) is 9.47 Å². The van der Waals surface area contributed by atoms with Crippen LogP contribution in [-0.2, 0) is 9.47 Å². The van der Waals surface area contributed by atoms with E-state index in [2.05, 4.69) is 43.3 Å². The molecule has 0 unspecified atom stereocenters. The molecule has 1 aromatic carbocycles. The first-order chi connectivity index (χ1) is 9.67. The van der Waals surface area contributed by atoms with Gasteiger partial charge in [-0.15, -0.1) is 0 Å². The lowest BCUT2D eigenvalue weighted by Crippen LogP contribution is -2.39. The number of ether oxygens (including phenoxy) is 2. The predicted octanol–water partition coefficient (Wildman–Crippen LogP) is 2.53. The molecule has 0 spiro atoms. The molecule has 0 saturated carbocycles. The number of methoxy groups -OCH3 is 2. The van der Waals surface area contributed by atoms with Crippen LogP contribution in [0.5, 0.6) is 0 Å². The van der Waals surface area contributed by atoms with Crippen molar-refractivity contribution in [3.05, 3.63) is 47.5 Å². The van der Waals surface area contributed by atoms with Crippen molar-refractivity contribution in [2.45, 2.75) is 18.9 Å². The fraction of sp³-hybridized carbons (Fsp3) is 0.529. The molecule has 0 radical (unpaired) electrons. The number of hydrogen-bond donors (Lipinski definition) is 1. The second-order valence-electron chi connectivity index (χ2n) is 5.55. The minimum atomic E-state index is -0.442. The summed E-state index contributed by atoms with van der Waals surface area (Å²) in [5.74, 6) is 0.303. The number of hydrogen-bond acceptors (Lipinski definition) is 3. The molecule has 3 heteroatoms. The highest BCUT2D eigenvalue weighted by Gasteiger charge is 2.35. The highest BCUT2D eigenvalue weighted by atomic mass is 16.5. The van der Waals surface area contributed by atoms with Crippen LogP contribution in [0.2, 0.25) is 0 Å². The molecule has 4 atom stereocenters. The first-order valence-corrected chi connectivity index (χ1v) is 7.08. The van der Waals surface area contributed by atoms with E-state index >= 15 is 0 Å². The van der Waals surface area contributed by atoms with Crippen molar-refractivity contribution in [2.75, 3.05) is 27.4 Å². The van der Waals surface area contributed by atoms with Gasteiger partial charge in [-0.05, 0) is 12.5 Å². The van der Waals surface area contributed by atoms with Crippen LogP contribution in [0.15, 0.2) is 36.4 Å². The lowest BCUT2D eigenvalue weighted by molar-refractivity contribution is -0.00583. The van der Waals surface area contributed by atoms with Crippen molar-refractivity contribution in [1.82, 2.24) is 0 Å². The molecular weight excluding hydrogens is 252 g/mol. The molecular formula is C17H24O3. The second-order valence-corrected chi connectivity index (χ2v) is 5.55. The summed E-state index contributed by atoms with van der Waals surface area (Å²) >= 11 is 0. The Bertz CT molecular complexity index is 438. The number of aliphatic hydroxyl groups excluding tert-OH is 1. The summed E-state index contributed by atoms with van der Waals surface area (Å²) in [5.41, 5.74) is 2.38. The fourth-order valence-electron chi connectivity index (χ4n) is 2.92. The van der Waals surface area contributed by atoms with Crippen molar-refractivity contribution < 1.29 is 14.6 Å². The van der Waals surface area contributed by atoms with Crippen molar-refractivity contribution in [1.29, 1.82) is 0 Å². The van der Waals surface area contributed by atoms with Gasteiger partial charge in [0.1, 0.15) is 0 Å². The van der Waals surface area contributed by atoms with Crippen molar-refractivity contribution in [3.63, 3.8) is 0 Å². The molecule has 1 aromatic rings. The summed E-state index contributed by atoms with van der Waals surface area (Å²) in [6.45, 7) is 3.23. The van der Waals surface area contributed by atoms with Crippen molar-refractivity contribution in [2.24, 2.45) is 11.8 Å². The molecule has 3 nitrogen and oxygen atoms in total. The molecule has 110 valence electrons. The summed E-state index contributed by atoms with van der Waals surface area (Å²) in [4.78, 5) is 0. The predicted molar refractivity (Wildman–Crippen MR) is 79.8 cm³/mol. The third-order valence-electron chi connectivity index (χ3n) is 4.10. The molecule has 1 aliphatic carbocycles. The average molecular weight is 276 g/mol. The Hall–Kier alpha value is -1.16. The molecule has 1 N–H and O–H groups in total. The molecule has 0 aliphatic heterocycles. The van der Waals surface area contributed by atoms with Gasteiger partial charge in [-0.25, -0.2) is 0 Å². The summed E-state index contributed by atoms with van der Waals surface area (Å²) in [6.07, 6.45) is 3.82. The smallest absolute Gasteiger partial charge is 0.0699 e. The minimum Gasteiger partial charge on any atom is -0.392 e. The van der Waals surface area contributed by atoms with Crippen molar-refractivity contribution >= 4 is 0 Å².